The molecule has 30 atom stereocenters. The van der Waals surface area contributed by atoms with Gasteiger partial charge in [0.15, 0.2) is 25.2 Å². The van der Waals surface area contributed by atoms with Gasteiger partial charge in [-0.1, -0.05) is 27.2 Å². The predicted molar refractivity (Wildman–Crippen MR) is 230 cm³/mol. The number of aliphatic hydroxyl groups excluding tert-OH is 18. The average molecular weight is 1070 g/mol. The van der Waals surface area contributed by atoms with Crippen LogP contribution in [0.15, 0.2) is 0 Å². The fraction of sp³-hybridized carbons (Fsp3) is 0.976. The van der Waals surface area contributed by atoms with Crippen molar-refractivity contribution in [1.82, 2.24) is 0 Å². The summed E-state index contributed by atoms with van der Waals surface area (Å²) in [7, 11) is 0. The van der Waals surface area contributed by atoms with Crippen molar-refractivity contribution in [2.75, 3.05) is 39.6 Å². The Labute approximate surface area is 416 Å². The molecular formula is C42H75NO30. The minimum absolute atomic E-state index is 0.379. The number of carboxylic acid groups (broad SMARTS) is 1. The van der Waals surface area contributed by atoms with E-state index in [9.17, 15) is 102 Å². The lowest BCUT2D eigenvalue weighted by molar-refractivity contribution is -0.396. The third kappa shape index (κ3) is 13.4. The van der Waals surface area contributed by atoms with Crippen LogP contribution in [0, 0.1) is 11.8 Å². The molecule has 21 N–H and O–H groups in total. The molecule has 0 spiro atoms. The highest BCUT2D eigenvalue weighted by Crippen LogP contribution is 2.38. The number of nitrogens with two attached hydrogens (primary N) is 1. The fourth-order valence-corrected chi connectivity index (χ4v) is 9.13. The van der Waals surface area contributed by atoms with Gasteiger partial charge in [0.05, 0.1) is 64.0 Å². The Hall–Kier alpha value is -1.69. The van der Waals surface area contributed by atoms with E-state index in [0.717, 1.165) is 0 Å². The number of ether oxygens (including phenoxy) is 10. The smallest absolute Gasteiger partial charge is 0.364 e. The van der Waals surface area contributed by atoms with Gasteiger partial charge in [0.2, 0.25) is 0 Å². The third-order valence-corrected chi connectivity index (χ3v) is 14.1. The summed E-state index contributed by atoms with van der Waals surface area (Å²) < 4.78 is 57.4. The minimum atomic E-state index is -2.86. The quantitative estimate of drug-likeness (QED) is 0.0452. The van der Waals surface area contributed by atoms with Crippen LogP contribution >= 0.6 is 0 Å². The first-order chi connectivity index (χ1) is 34.4. The Morgan fingerprint density at radius 3 is 1.74 bits per heavy atom. The maximum atomic E-state index is 12.6. The molecule has 5 heterocycles. The number of carboxylic acids is 1. The van der Waals surface area contributed by atoms with Crippen LogP contribution in [0.1, 0.15) is 33.6 Å². The van der Waals surface area contributed by atoms with Crippen molar-refractivity contribution < 1.29 is 149 Å². The summed E-state index contributed by atoms with van der Waals surface area (Å²) in [5.41, 5.74) is 5.90. The number of aliphatic hydroxyl groups is 18. The van der Waals surface area contributed by atoms with E-state index in [1.807, 2.05) is 0 Å². The number of rotatable bonds is 23. The molecule has 5 aliphatic rings. The monoisotopic (exact) mass is 1070 g/mol. The second-order valence-corrected chi connectivity index (χ2v) is 19.1. The van der Waals surface area contributed by atoms with E-state index in [-0.39, 0.29) is 0 Å². The summed E-state index contributed by atoms with van der Waals surface area (Å²) in [4.78, 5) is 12.6. The highest BCUT2D eigenvalue weighted by Gasteiger charge is 2.58. The van der Waals surface area contributed by atoms with Crippen molar-refractivity contribution in [2.24, 2.45) is 17.6 Å². The topological polar surface area (TPSA) is 520 Å². The summed E-state index contributed by atoms with van der Waals surface area (Å²) in [6.45, 7) is -1.18. The number of aliphatic carboxylic acids is 1. The van der Waals surface area contributed by atoms with Gasteiger partial charge in [-0.3, -0.25) is 0 Å². The van der Waals surface area contributed by atoms with Crippen LogP contribution in [-0.4, -0.2) is 314 Å². The maximum absolute atomic E-state index is 12.6. The maximum Gasteiger partial charge on any atom is 0.364 e. The Morgan fingerprint density at radius 2 is 1.16 bits per heavy atom. The molecule has 5 rings (SSSR count). The van der Waals surface area contributed by atoms with Crippen LogP contribution in [0.25, 0.3) is 0 Å². The molecule has 73 heavy (non-hydrogen) atoms. The summed E-state index contributed by atoms with van der Waals surface area (Å²) in [6.07, 6.45) is -48.9. The van der Waals surface area contributed by atoms with E-state index in [4.69, 9.17) is 53.1 Å². The average Bonchev–Trinajstić information content (AvgIpc) is 3.38. The van der Waals surface area contributed by atoms with Gasteiger partial charge >= 0.3 is 5.97 Å². The van der Waals surface area contributed by atoms with Gasteiger partial charge in [-0.25, -0.2) is 4.79 Å². The minimum Gasteiger partial charge on any atom is -0.477 e. The van der Waals surface area contributed by atoms with E-state index < -0.39 is 235 Å². The van der Waals surface area contributed by atoms with Gasteiger partial charge < -0.3 is 150 Å². The van der Waals surface area contributed by atoms with Crippen LogP contribution in [0.4, 0.5) is 0 Å². The standard InChI is InChI=1S/C42H75NO30/c1-4-12(2)22(52)32(16(51)7-45)69-39-31(61)35(27(57)18(9-47)65-39)71-40-36(29(59)25(55)17(8-46)66-40)72-37-13(3)23(53)33(19(10-48)67-37)70-38-30(60)28(58)26(56)20(68-38)11-64-42(41(62)63)5-14(49)21(43)34(73-42)24(54)15(50)6-44/h12-40,44-61H,4-11,43H2,1-3H3,(H,62,63)/t12?,13-,14+,15+,16?,17+,18?,19?,20?,21+,22+,23?,24+,25+,26-,27+,28?,29?,30-,31+,32+,33+,34?,35?,36?,37-,38-,39-,40+,42+/m0/s1. The molecule has 5 fully saturated rings. The zero-order valence-electron chi connectivity index (χ0n) is 40.0. The van der Waals surface area contributed by atoms with Crippen molar-refractivity contribution in [1.29, 1.82) is 0 Å². The zero-order chi connectivity index (χ0) is 54.5. The predicted octanol–water partition coefficient (Wildman–Crippen LogP) is -11.3. The Kier molecular flexibility index (Phi) is 22.8. The highest BCUT2D eigenvalue weighted by atomic mass is 16.8. The normalized spacial score (nSPS) is 46.2. The molecule has 11 unspecified atom stereocenters. The highest BCUT2D eigenvalue weighted by molar-refractivity contribution is 5.76. The van der Waals surface area contributed by atoms with Crippen LogP contribution in [0.5, 0.6) is 0 Å². The summed E-state index contributed by atoms with van der Waals surface area (Å²) in [5, 5.41) is 202. The fourth-order valence-electron chi connectivity index (χ4n) is 9.13. The molecule has 0 aromatic heterocycles. The molecule has 0 saturated carbocycles. The Morgan fingerprint density at radius 1 is 0.630 bits per heavy atom. The number of hydrogen-bond donors (Lipinski definition) is 20. The Balaban J connectivity index is 1.33. The molecule has 31 heteroatoms. The molecule has 0 radical (unpaired) electrons. The SMILES string of the molecule is CCC(C)[C@@H](O)[C@H](O[C@@H]1OC(CO)[C@@H](O)C(O[C@H]2O[C@H](CO)[C@@H](O)C(O)C2O[C@@H]2OC(CO)[C@@H](O[C@@H]3OC(CO[C@]4(C(=O)O)C[C@@H](O)[C@@H](N)C([C@H](O)[C@H](O)CO)O4)[C@H](O)C(O)[C@@H]3O)C(O)[C@@H]2C)[C@H]1O)C(O)CO. The lowest BCUT2D eigenvalue weighted by atomic mass is 9.89. The van der Waals surface area contributed by atoms with Crippen LogP contribution in [0.3, 0.4) is 0 Å². The van der Waals surface area contributed by atoms with Gasteiger partial charge in [0.1, 0.15) is 116 Å². The summed E-state index contributed by atoms with van der Waals surface area (Å²) in [6, 6.07) is -1.50. The molecule has 0 bridgehead atoms. The van der Waals surface area contributed by atoms with E-state index in [2.05, 4.69) is 0 Å². The second kappa shape index (κ2) is 26.8. The molecule has 0 aliphatic carbocycles. The first-order valence-corrected chi connectivity index (χ1v) is 23.8. The third-order valence-electron chi connectivity index (χ3n) is 14.1. The van der Waals surface area contributed by atoms with Crippen LogP contribution in [-0.2, 0) is 52.2 Å². The molecular weight excluding hydrogens is 998 g/mol. The van der Waals surface area contributed by atoms with E-state index >= 15 is 0 Å². The molecule has 31 nitrogen and oxygen atoms in total. The van der Waals surface area contributed by atoms with Gasteiger partial charge in [-0.05, 0) is 5.92 Å². The first-order valence-electron chi connectivity index (χ1n) is 23.8. The van der Waals surface area contributed by atoms with Crippen LogP contribution < -0.4 is 5.73 Å². The lowest BCUT2D eigenvalue weighted by Gasteiger charge is -2.50. The molecule has 0 amide bonds. The van der Waals surface area contributed by atoms with E-state index in [1.165, 1.54) is 6.92 Å². The van der Waals surface area contributed by atoms with Crippen molar-refractivity contribution in [3.8, 4) is 0 Å². The number of hydrogen-bond acceptors (Lipinski definition) is 30. The second-order valence-electron chi connectivity index (χ2n) is 19.1. The summed E-state index contributed by atoms with van der Waals surface area (Å²) >= 11 is 0. The van der Waals surface area contributed by atoms with Crippen molar-refractivity contribution in [3.05, 3.63) is 0 Å². The Bertz CT molecular complexity index is 1680. The van der Waals surface area contributed by atoms with Crippen molar-refractivity contribution >= 4 is 5.97 Å². The largest absolute Gasteiger partial charge is 0.477 e. The molecule has 0 aromatic rings. The molecule has 0 aromatic carbocycles. The molecule has 5 aliphatic heterocycles. The van der Waals surface area contributed by atoms with Gasteiger partial charge in [0.25, 0.3) is 5.79 Å². The molecule has 428 valence electrons. The van der Waals surface area contributed by atoms with Gasteiger partial charge in [0, 0.05) is 12.3 Å². The van der Waals surface area contributed by atoms with E-state index in [1.54, 1.807) is 13.8 Å². The van der Waals surface area contributed by atoms with Crippen LogP contribution in [0.2, 0.25) is 0 Å². The van der Waals surface area contributed by atoms with E-state index in [0.29, 0.717) is 6.42 Å². The van der Waals surface area contributed by atoms with Crippen molar-refractivity contribution in [3.63, 3.8) is 0 Å². The zero-order valence-corrected chi connectivity index (χ0v) is 40.0. The first kappa shape index (κ1) is 62.2. The lowest BCUT2D eigenvalue weighted by Crippen LogP contribution is -2.67. The van der Waals surface area contributed by atoms with Gasteiger partial charge in [-0.2, -0.15) is 0 Å². The van der Waals surface area contributed by atoms with Crippen molar-refractivity contribution in [2.45, 2.75) is 205 Å². The number of carbonyl (C=O) groups is 1. The van der Waals surface area contributed by atoms with Gasteiger partial charge in [-0.15, -0.1) is 0 Å². The summed E-state index contributed by atoms with van der Waals surface area (Å²) in [5.74, 6) is -6.59. The molecule has 5 saturated heterocycles.